The maximum Gasteiger partial charge on any atom is 0.313 e. The number of benzene rings is 1. The number of phenols is 1. The van der Waals surface area contributed by atoms with Gasteiger partial charge >= 0.3 is 5.97 Å². The van der Waals surface area contributed by atoms with Gasteiger partial charge in [0.2, 0.25) is 0 Å². The van der Waals surface area contributed by atoms with Crippen LogP contribution >= 0.6 is 12.4 Å². The van der Waals surface area contributed by atoms with Crippen molar-refractivity contribution < 1.29 is 23.4 Å². The lowest BCUT2D eigenvalue weighted by atomic mass is 9.80. The fourth-order valence-electron chi connectivity index (χ4n) is 1.60. The molecule has 0 amide bonds. The van der Waals surface area contributed by atoms with Crippen LogP contribution in [0.1, 0.15) is 25.5 Å². The molecule has 0 radical (unpaired) electrons. The van der Waals surface area contributed by atoms with Crippen molar-refractivity contribution in [1.82, 2.24) is 0 Å². The minimum absolute atomic E-state index is 0. The smallest absolute Gasteiger partial charge is 0.313 e. The number of phenolic OH excluding ortho intramolecular Hbond substituents is 1. The molecule has 7 heteroatoms. The van der Waals surface area contributed by atoms with Gasteiger partial charge in [-0.2, -0.15) is 0 Å². The Kier molecular flexibility index (Phi) is 5.71. The first-order valence-electron chi connectivity index (χ1n) is 5.24. The molecule has 3 N–H and O–H groups in total. The highest BCUT2D eigenvalue weighted by Gasteiger charge is 2.39. The average molecular weight is 296 g/mol. The summed E-state index contributed by atoms with van der Waals surface area (Å²) in [6.45, 7) is 2.85. The van der Waals surface area contributed by atoms with E-state index in [0.717, 1.165) is 12.1 Å². The first-order chi connectivity index (χ1) is 8.23. The van der Waals surface area contributed by atoms with Crippen LogP contribution in [-0.4, -0.2) is 18.2 Å². The summed E-state index contributed by atoms with van der Waals surface area (Å²) in [5.74, 6) is -3.45. The molecule has 0 heterocycles. The molecule has 0 unspecified atom stereocenters. The fraction of sp³-hybridized carbons (Fsp3) is 0.417. The highest BCUT2D eigenvalue weighted by molar-refractivity contribution is 5.85. The van der Waals surface area contributed by atoms with Crippen molar-refractivity contribution in [3.8, 4) is 5.75 Å². The lowest BCUT2D eigenvalue weighted by molar-refractivity contribution is -0.152. The third kappa shape index (κ3) is 3.13. The Morgan fingerprint density at radius 3 is 2.32 bits per heavy atom. The number of ether oxygens (including phenoxy) is 1. The SMILES string of the molecule is COC(=O)C(C)(C)[C@@H](N)c1c(F)ccc(F)c1O.Cl. The van der Waals surface area contributed by atoms with E-state index in [4.69, 9.17) is 5.73 Å². The van der Waals surface area contributed by atoms with Crippen molar-refractivity contribution >= 4 is 18.4 Å². The van der Waals surface area contributed by atoms with Gasteiger partial charge in [0.15, 0.2) is 11.6 Å². The van der Waals surface area contributed by atoms with Gasteiger partial charge in [0.25, 0.3) is 0 Å². The van der Waals surface area contributed by atoms with Crippen molar-refractivity contribution in [2.45, 2.75) is 19.9 Å². The van der Waals surface area contributed by atoms with E-state index >= 15 is 0 Å². The highest BCUT2D eigenvalue weighted by Crippen LogP contribution is 2.38. The van der Waals surface area contributed by atoms with Gasteiger partial charge in [-0.05, 0) is 26.0 Å². The van der Waals surface area contributed by atoms with E-state index in [1.54, 1.807) is 0 Å². The van der Waals surface area contributed by atoms with E-state index in [1.807, 2.05) is 0 Å². The number of hydrogen-bond donors (Lipinski definition) is 2. The first-order valence-corrected chi connectivity index (χ1v) is 5.24. The average Bonchev–Trinajstić information content (AvgIpc) is 2.33. The quantitative estimate of drug-likeness (QED) is 0.839. The van der Waals surface area contributed by atoms with Crippen LogP contribution in [0.25, 0.3) is 0 Å². The summed E-state index contributed by atoms with van der Waals surface area (Å²) in [7, 11) is 1.17. The first kappa shape index (κ1) is 17.6. The van der Waals surface area contributed by atoms with E-state index in [1.165, 1.54) is 21.0 Å². The number of aromatic hydroxyl groups is 1. The standard InChI is InChI=1S/C12H15F2NO3.ClH/c1-12(2,11(17)18-3)10(15)8-6(13)4-5-7(14)9(8)16;/h4-5,10,16H,15H2,1-3H3;1H/t10-;/m0./s1. The maximum atomic E-state index is 13.6. The van der Waals surface area contributed by atoms with Crippen LogP contribution in [0.2, 0.25) is 0 Å². The molecule has 1 atom stereocenters. The molecule has 0 fully saturated rings. The number of methoxy groups -OCH3 is 1. The second-order valence-corrected chi connectivity index (χ2v) is 4.48. The summed E-state index contributed by atoms with van der Waals surface area (Å²) in [6, 6.07) is 0.393. The van der Waals surface area contributed by atoms with Gasteiger partial charge < -0.3 is 15.6 Å². The summed E-state index contributed by atoms with van der Waals surface area (Å²) in [5, 5.41) is 9.52. The molecule has 0 aliphatic carbocycles. The number of nitrogens with two attached hydrogens (primary N) is 1. The molecule has 0 aliphatic heterocycles. The second-order valence-electron chi connectivity index (χ2n) is 4.48. The largest absolute Gasteiger partial charge is 0.505 e. The fourth-order valence-corrected chi connectivity index (χ4v) is 1.60. The van der Waals surface area contributed by atoms with Crippen LogP contribution in [0, 0.1) is 17.0 Å². The predicted molar refractivity (Wildman–Crippen MR) is 68.0 cm³/mol. The second kappa shape index (κ2) is 6.16. The summed E-state index contributed by atoms with van der Waals surface area (Å²) >= 11 is 0. The van der Waals surface area contributed by atoms with Crippen molar-refractivity contribution in [2.75, 3.05) is 7.11 Å². The van der Waals surface area contributed by atoms with Crippen molar-refractivity contribution in [2.24, 2.45) is 11.1 Å². The van der Waals surface area contributed by atoms with Gasteiger partial charge in [-0.25, -0.2) is 8.78 Å². The third-order valence-electron chi connectivity index (χ3n) is 2.91. The third-order valence-corrected chi connectivity index (χ3v) is 2.91. The number of esters is 1. The number of carbonyl (C=O) groups is 1. The number of hydrogen-bond acceptors (Lipinski definition) is 4. The van der Waals surface area contributed by atoms with Crippen molar-refractivity contribution in [3.05, 3.63) is 29.3 Å². The molecule has 1 aromatic carbocycles. The Labute approximate surface area is 116 Å². The molecule has 19 heavy (non-hydrogen) atoms. The van der Waals surface area contributed by atoms with Gasteiger partial charge in [0.05, 0.1) is 24.1 Å². The van der Waals surface area contributed by atoms with Crippen LogP contribution < -0.4 is 5.73 Å². The van der Waals surface area contributed by atoms with Crippen LogP contribution in [0.3, 0.4) is 0 Å². The summed E-state index contributed by atoms with van der Waals surface area (Å²) in [5.41, 5.74) is 4.01. The summed E-state index contributed by atoms with van der Waals surface area (Å²) < 4.78 is 31.4. The van der Waals surface area contributed by atoms with Gasteiger partial charge in [-0.3, -0.25) is 4.79 Å². The normalized spacial score (nSPS) is 12.5. The van der Waals surface area contributed by atoms with E-state index in [9.17, 15) is 18.7 Å². The molecular formula is C12H16ClF2NO3. The molecule has 0 aromatic heterocycles. The molecule has 1 rings (SSSR count). The van der Waals surface area contributed by atoms with E-state index < -0.39 is 40.4 Å². The van der Waals surface area contributed by atoms with Crippen LogP contribution in [0.15, 0.2) is 12.1 Å². The monoisotopic (exact) mass is 295 g/mol. The minimum Gasteiger partial charge on any atom is -0.505 e. The minimum atomic E-state index is -1.30. The lowest BCUT2D eigenvalue weighted by Gasteiger charge is -2.29. The number of halogens is 3. The van der Waals surface area contributed by atoms with E-state index in [2.05, 4.69) is 4.74 Å². The summed E-state index contributed by atoms with van der Waals surface area (Å²) in [6.07, 6.45) is 0. The van der Waals surface area contributed by atoms with Crippen LogP contribution in [-0.2, 0) is 9.53 Å². The zero-order chi connectivity index (χ0) is 14.1. The number of carbonyl (C=O) groups excluding carboxylic acids is 1. The zero-order valence-corrected chi connectivity index (χ0v) is 11.6. The summed E-state index contributed by atoms with van der Waals surface area (Å²) in [4.78, 5) is 11.6. The Morgan fingerprint density at radius 2 is 1.84 bits per heavy atom. The Balaban J connectivity index is 0.00000324. The van der Waals surface area contributed by atoms with Crippen LogP contribution in [0.5, 0.6) is 5.75 Å². The van der Waals surface area contributed by atoms with Crippen molar-refractivity contribution in [1.29, 1.82) is 0 Å². The van der Waals surface area contributed by atoms with Crippen LogP contribution in [0.4, 0.5) is 8.78 Å². The zero-order valence-electron chi connectivity index (χ0n) is 10.7. The Bertz CT molecular complexity index is 480. The molecule has 108 valence electrons. The van der Waals surface area contributed by atoms with E-state index in [0.29, 0.717) is 0 Å². The van der Waals surface area contributed by atoms with Crippen molar-refractivity contribution in [3.63, 3.8) is 0 Å². The topological polar surface area (TPSA) is 72.5 Å². The van der Waals surface area contributed by atoms with Gasteiger partial charge in [-0.15, -0.1) is 12.4 Å². The Hall–Kier alpha value is -1.40. The van der Waals surface area contributed by atoms with E-state index in [-0.39, 0.29) is 12.4 Å². The Morgan fingerprint density at radius 1 is 1.37 bits per heavy atom. The highest BCUT2D eigenvalue weighted by atomic mass is 35.5. The molecule has 4 nitrogen and oxygen atoms in total. The predicted octanol–water partition coefficient (Wildman–Crippen LogP) is 2.29. The molecule has 0 saturated carbocycles. The molecule has 0 spiro atoms. The molecule has 0 saturated heterocycles. The van der Waals surface area contributed by atoms with Gasteiger partial charge in [0.1, 0.15) is 5.82 Å². The van der Waals surface area contributed by atoms with Gasteiger partial charge in [0, 0.05) is 0 Å². The molecular weight excluding hydrogens is 280 g/mol. The molecule has 0 bridgehead atoms. The van der Waals surface area contributed by atoms with Gasteiger partial charge in [-0.1, -0.05) is 0 Å². The molecule has 0 aliphatic rings. The molecule has 1 aromatic rings. The number of rotatable bonds is 3. The lowest BCUT2D eigenvalue weighted by Crippen LogP contribution is -2.38. The maximum absolute atomic E-state index is 13.6.